The van der Waals surface area contributed by atoms with E-state index in [0.717, 1.165) is 17.0 Å². The van der Waals surface area contributed by atoms with Crippen LogP contribution in [0.1, 0.15) is 23.9 Å². The van der Waals surface area contributed by atoms with Gasteiger partial charge < -0.3 is 5.11 Å². The van der Waals surface area contributed by atoms with E-state index >= 15 is 0 Å². The molecule has 2 rings (SSSR count). The van der Waals surface area contributed by atoms with Gasteiger partial charge in [-0.1, -0.05) is 42.1 Å². The molecule has 1 N–H and O–H groups in total. The van der Waals surface area contributed by atoms with Gasteiger partial charge in [0, 0.05) is 17.1 Å². The predicted molar refractivity (Wildman–Crippen MR) is 78.2 cm³/mol. The molecule has 0 saturated carbocycles. The van der Waals surface area contributed by atoms with E-state index in [2.05, 4.69) is 9.97 Å². The first-order valence-corrected chi connectivity index (χ1v) is 7.19. The fraction of sp³-hybridized carbons (Fsp3) is 0.333. The van der Waals surface area contributed by atoms with E-state index < -0.39 is 5.60 Å². The van der Waals surface area contributed by atoms with Gasteiger partial charge in [0.25, 0.3) is 0 Å². The average molecular weight is 274 g/mol. The van der Waals surface area contributed by atoms with Crippen molar-refractivity contribution in [2.75, 3.05) is 5.75 Å². The second kappa shape index (κ2) is 5.72. The molecule has 0 amide bonds. The van der Waals surface area contributed by atoms with Crippen LogP contribution in [0.2, 0.25) is 0 Å². The highest BCUT2D eigenvalue weighted by Gasteiger charge is 2.23. The second-order valence-corrected chi connectivity index (χ2v) is 5.80. The normalized spacial score (nSPS) is 14.1. The molecule has 2 aromatic rings. The first-order chi connectivity index (χ1) is 8.97. The van der Waals surface area contributed by atoms with Crippen molar-refractivity contribution < 1.29 is 5.11 Å². The molecule has 1 aromatic carbocycles. The third-order valence-electron chi connectivity index (χ3n) is 2.84. The van der Waals surface area contributed by atoms with Gasteiger partial charge in [0.05, 0.1) is 5.60 Å². The van der Waals surface area contributed by atoms with Gasteiger partial charge in [0.15, 0.2) is 5.16 Å². The molecule has 0 saturated heterocycles. The lowest BCUT2D eigenvalue weighted by Gasteiger charge is -2.23. The number of aromatic nitrogens is 2. The number of aryl methyl sites for hydroxylation is 2. The van der Waals surface area contributed by atoms with Crippen LogP contribution in [-0.2, 0) is 5.60 Å². The lowest BCUT2D eigenvalue weighted by atomic mass is 9.99. The van der Waals surface area contributed by atoms with Crippen molar-refractivity contribution in [2.45, 2.75) is 31.5 Å². The molecule has 0 bridgehead atoms. The number of rotatable bonds is 4. The van der Waals surface area contributed by atoms with E-state index in [1.807, 2.05) is 57.2 Å². The summed E-state index contributed by atoms with van der Waals surface area (Å²) in [5.74, 6) is 0.528. The minimum atomic E-state index is -0.882. The van der Waals surface area contributed by atoms with Gasteiger partial charge in [-0.3, -0.25) is 0 Å². The van der Waals surface area contributed by atoms with Crippen LogP contribution in [0.25, 0.3) is 0 Å². The van der Waals surface area contributed by atoms with Gasteiger partial charge in [0.1, 0.15) is 0 Å². The summed E-state index contributed by atoms with van der Waals surface area (Å²) in [6, 6.07) is 11.6. The standard InChI is InChI=1S/C15H18N2OS/c1-11-9-12(2)17-14(16-11)19-10-15(3,18)13-7-5-4-6-8-13/h4-9,18H,10H2,1-3H3. The van der Waals surface area contributed by atoms with Crippen LogP contribution in [0.15, 0.2) is 41.6 Å². The van der Waals surface area contributed by atoms with Crippen molar-refractivity contribution in [1.29, 1.82) is 0 Å². The lowest BCUT2D eigenvalue weighted by Crippen LogP contribution is -2.24. The summed E-state index contributed by atoms with van der Waals surface area (Å²) in [6.45, 7) is 5.72. The van der Waals surface area contributed by atoms with Crippen molar-refractivity contribution in [1.82, 2.24) is 9.97 Å². The van der Waals surface area contributed by atoms with Crippen LogP contribution in [0, 0.1) is 13.8 Å². The Balaban J connectivity index is 2.09. The molecular formula is C15H18N2OS. The summed E-state index contributed by atoms with van der Waals surface area (Å²) >= 11 is 1.48. The molecule has 0 spiro atoms. The monoisotopic (exact) mass is 274 g/mol. The highest BCUT2D eigenvalue weighted by molar-refractivity contribution is 7.99. The van der Waals surface area contributed by atoms with E-state index in [9.17, 15) is 5.11 Å². The number of thioether (sulfide) groups is 1. The number of hydrogen-bond donors (Lipinski definition) is 1. The molecule has 0 aliphatic heterocycles. The maximum atomic E-state index is 10.5. The summed E-state index contributed by atoms with van der Waals surface area (Å²) < 4.78 is 0. The quantitative estimate of drug-likeness (QED) is 0.687. The molecule has 0 aliphatic carbocycles. The maximum Gasteiger partial charge on any atom is 0.188 e. The molecule has 0 aliphatic rings. The fourth-order valence-electron chi connectivity index (χ4n) is 1.84. The summed E-state index contributed by atoms with van der Waals surface area (Å²) in [7, 11) is 0. The van der Waals surface area contributed by atoms with Gasteiger partial charge in [0.2, 0.25) is 0 Å². The Labute approximate surface area is 118 Å². The zero-order valence-electron chi connectivity index (χ0n) is 11.4. The summed E-state index contributed by atoms with van der Waals surface area (Å²) in [5, 5.41) is 11.2. The molecule has 4 heteroatoms. The minimum Gasteiger partial charge on any atom is -0.385 e. The van der Waals surface area contributed by atoms with E-state index in [4.69, 9.17) is 0 Å². The number of aliphatic hydroxyl groups is 1. The van der Waals surface area contributed by atoms with E-state index in [0.29, 0.717) is 10.9 Å². The van der Waals surface area contributed by atoms with E-state index in [1.165, 1.54) is 11.8 Å². The van der Waals surface area contributed by atoms with E-state index in [-0.39, 0.29) is 0 Å². The van der Waals surface area contributed by atoms with Gasteiger partial charge in [-0.05, 0) is 32.4 Å². The van der Waals surface area contributed by atoms with Crippen LogP contribution in [0.5, 0.6) is 0 Å². The highest BCUT2D eigenvalue weighted by atomic mass is 32.2. The molecular weight excluding hydrogens is 256 g/mol. The zero-order valence-corrected chi connectivity index (χ0v) is 12.2. The number of nitrogens with zero attached hydrogens (tertiary/aromatic N) is 2. The van der Waals surface area contributed by atoms with Crippen LogP contribution < -0.4 is 0 Å². The van der Waals surface area contributed by atoms with Crippen molar-refractivity contribution in [3.63, 3.8) is 0 Å². The van der Waals surface area contributed by atoms with Gasteiger partial charge in [-0.15, -0.1) is 0 Å². The second-order valence-electron chi connectivity index (χ2n) is 4.86. The largest absolute Gasteiger partial charge is 0.385 e. The fourth-order valence-corrected chi connectivity index (χ4v) is 2.84. The van der Waals surface area contributed by atoms with Crippen LogP contribution in [0.3, 0.4) is 0 Å². The van der Waals surface area contributed by atoms with Crippen molar-refractivity contribution in [3.8, 4) is 0 Å². The molecule has 1 aromatic heterocycles. The number of benzene rings is 1. The molecule has 0 fully saturated rings. The van der Waals surface area contributed by atoms with Gasteiger partial charge in [-0.25, -0.2) is 9.97 Å². The molecule has 100 valence electrons. The Morgan fingerprint density at radius 2 is 1.68 bits per heavy atom. The summed E-state index contributed by atoms with van der Waals surface area (Å²) in [5.41, 5.74) is 1.93. The molecule has 3 nitrogen and oxygen atoms in total. The Morgan fingerprint density at radius 3 is 2.26 bits per heavy atom. The van der Waals surface area contributed by atoms with E-state index in [1.54, 1.807) is 0 Å². The zero-order chi connectivity index (χ0) is 13.9. The Hall–Kier alpha value is -1.39. The summed E-state index contributed by atoms with van der Waals surface area (Å²) in [6.07, 6.45) is 0. The van der Waals surface area contributed by atoms with Gasteiger partial charge in [-0.2, -0.15) is 0 Å². The molecule has 1 atom stereocenters. The van der Waals surface area contributed by atoms with Gasteiger partial charge >= 0.3 is 0 Å². The summed E-state index contributed by atoms with van der Waals surface area (Å²) in [4.78, 5) is 8.74. The smallest absolute Gasteiger partial charge is 0.188 e. The Bertz CT molecular complexity index is 535. The molecule has 1 unspecified atom stereocenters. The molecule has 0 radical (unpaired) electrons. The lowest BCUT2D eigenvalue weighted by molar-refractivity contribution is 0.0839. The molecule has 19 heavy (non-hydrogen) atoms. The Kier molecular flexibility index (Phi) is 4.22. The van der Waals surface area contributed by atoms with Crippen LogP contribution in [-0.4, -0.2) is 20.8 Å². The first kappa shape index (κ1) is 14.0. The average Bonchev–Trinajstić information content (AvgIpc) is 2.37. The van der Waals surface area contributed by atoms with Crippen LogP contribution >= 0.6 is 11.8 Å². The molecule has 1 heterocycles. The van der Waals surface area contributed by atoms with Crippen molar-refractivity contribution in [2.24, 2.45) is 0 Å². The van der Waals surface area contributed by atoms with Crippen LogP contribution in [0.4, 0.5) is 0 Å². The Morgan fingerprint density at radius 1 is 1.11 bits per heavy atom. The highest BCUT2D eigenvalue weighted by Crippen LogP contribution is 2.27. The van der Waals surface area contributed by atoms with Crippen molar-refractivity contribution >= 4 is 11.8 Å². The minimum absolute atomic E-state index is 0.528. The third kappa shape index (κ3) is 3.78. The number of hydrogen-bond acceptors (Lipinski definition) is 4. The van der Waals surface area contributed by atoms with Crippen molar-refractivity contribution in [3.05, 3.63) is 53.3 Å². The first-order valence-electron chi connectivity index (χ1n) is 6.20. The third-order valence-corrected chi connectivity index (χ3v) is 3.99. The topological polar surface area (TPSA) is 46.0 Å². The predicted octanol–water partition coefficient (Wildman–Crippen LogP) is 3.09. The maximum absolute atomic E-state index is 10.5. The SMILES string of the molecule is Cc1cc(C)nc(SCC(C)(O)c2ccccc2)n1.